The normalized spacial score (nSPS) is 10.5. The third-order valence-corrected chi connectivity index (χ3v) is 3.09. The number of aryl methyl sites for hydroxylation is 1. The summed E-state index contributed by atoms with van der Waals surface area (Å²) in [5, 5.41) is 14.7. The van der Waals surface area contributed by atoms with E-state index in [1.165, 1.54) is 25.5 Å². The lowest BCUT2D eigenvalue weighted by Crippen LogP contribution is -2.17. The maximum absolute atomic E-state index is 11.9. The van der Waals surface area contributed by atoms with E-state index in [0.29, 0.717) is 11.1 Å². The number of hydrazone groups is 1. The second kappa shape index (κ2) is 7.17. The van der Waals surface area contributed by atoms with Crippen LogP contribution in [0.3, 0.4) is 0 Å². The molecule has 0 radical (unpaired) electrons. The van der Waals surface area contributed by atoms with Gasteiger partial charge in [-0.3, -0.25) is 14.9 Å². The Hall–Kier alpha value is -3.22. The van der Waals surface area contributed by atoms with Gasteiger partial charge in [0.05, 0.1) is 18.2 Å². The fourth-order valence-corrected chi connectivity index (χ4v) is 1.86. The van der Waals surface area contributed by atoms with Crippen LogP contribution in [0.15, 0.2) is 47.6 Å². The van der Waals surface area contributed by atoms with Gasteiger partial charge in [0.1, 0.15) is 0 Å². The fourth-order valence-electron chi connectivity index (χ4n) is 1.86. The molecule has 0 atom stereocenters. The summed E-state index contributed by atoms with van der Waals surface area (Å²) >= 11 is 0. The number of carbonyl (C=O) groups excluding carboxylic acids is 1. The van der Waals surface area contributed by atoms with Gasteiger partial charge in [-0.05, 0) is 31.2 Å². The Labute approximate surface area is 132 Å². The first kappa shape index (κ1) is 16.2. The van der Waals surface area contributed by atoms with Crippen LogP contribution in [0.1, 0.15) is 21.5 Å². The molecule has 0 unspecified atom stereocenters. The van der Waals surface area contributed by atoms with E-state index in [-0.39, 0.29) is 17.3 Å². The summed E-state index contributed by atoms with van der Waals surface area (Å²) in [6.45, 7) is 1.93. The summed E-state index contributed by atoms with van der Waals surface area (Å²) in [5.41, 5.74) is 4.21. The number of nitro groups is 1. The lowest BCUT2D eigenvalue weighted by molar-refractivity contribution is -0.385. The molecular formula is C16H15N3O4. The van der Waals surface area contributed by atoms with Gasteiger partial charge >= 0.3 is 5.69 Å². The largest absolute Gasteiger partial charge is 0.490 e. The molecule has 0 spiro atoms. The van der Waals surface area contributed by atoms with Crippen molar-refractivity contribution in [1.29, 1.82) is 0 Å². The molecule has 23 heavy (non-hydrogen) atoms. The van der Waals surface area contributed by atoms with Crippen molar-refractivity contribution in [2.24, 2.45) is 5.10 Å². The highest BCUT2D eigenvalue weighted by Crippen LogP contribution is 2.26. The van der Waals surface area contributed by atoms with Crippen LogP contribution in [0.4, 0.5) is 5.69 Å². The van der Waals surface area contributed by atoms with Crippen molar-refractivity contribution >= 4 is 17.8 Å². The number of ether oxygens (including phenoxy) is 1. The standard InChI is InChI=1S/C16H15N3O4/c1-11-3-6-13(7-4-11)16(20)18-17-10-12-5-8-15(23-2)14(9-12)19(21)22/h3-10H,1-2H3,(H,18,20). The number of hydrogen-bond donors (Lipinski definition) is 1. The number of benzene rings is 2. The van der Waals surface area contributed by atoms with Crippen molar-refractivity contribution < 1.29 is 14.5 Å². The van der Waals surface area contributed by atoms with Crippen LogP contribution in [0, 0.1) is 17.0 Å². The summed E-state index contributed by atoms with van der Waals surface area (Å²) in [5.74, 6) is -0.194. The molecule has 0 aliphatic heterocycles. The molecule has 7 nitrogen and oxygen atoms in total. The van der Waals surface area contributed by atoms with Gasteiger partial charge in [0, 0.05) is 17.2 Å². The molecule has 2 aromatic rings. The second-order valence-electron chi connectivity index (χ2n) is 4.75. The van der Waals surface area contributed by atoms with Gasteiger partial charge in [-0.1, -0.05) is 17.7 Å². The van der Waals surface area contributed by atoms with Gasteiger partial charge in [-0.25, -0.2) is 5.43 Å². The minimum absolute atomic E-state index is 0.163. The highest BCUT2D eigenvalue weighted by molar-refractivity contribution is 5.95. The number of nitrogens with zero attached hydrogens (tertiary/aromatic N) is 2. The fraction of sp³-hybridized carbons (Fsp3) is 0.125. The first-order valence-corrected chi connectivity index (χ1v) is 6.74. The van der Waals surface area contributed by atoms with Crippen molar-refractivity contribution in [1.82, 2.24) is 5.43 Å². The van der Waals surface area contributed by atoms with Crippen molar-refractivity contribution in [3.8, 4) is 5.75 Å². The Morgan fingerprint density at radius 1 is 1.26 bits per heavy atom. The molecule has 0 aromatic heterocycles. The molecule has 0 fully saturated rings. The number of rotatable bonds is 5. The van der Waals surface area contributed by atoms with Gasteiger partial charge in [-0.2, -0.15) is 5.10 Å². The van der Waals surface area contributed by atoms with Gasteiger partial charge in [0.15, 0.2) is 5.75 Å². The number of hydrogen-bond acceptors (Lipinski definition) is 5. The van der Waals surface area contributed by atoms with Gasteiger partial charge in [0.25, 0.3) is 5.91 Å². The zero-order chi connectivity index (χ0) is 16.8. The monoisotopic (exact) mass is 313 g/mol. The molecule has 1 N–H and O–H groups in total. The lowest BCUT2D eigenvalue weighted by atomic mass is 10.1. The summed E-state index contributed by atoms with van der Waals surface area (Å²) in [4.78, 5) is 22.3. The topological polar surface area (TPSA) is 93.8 Å². The Kier molecular flexibility index (Phi) is 5.03. The van der Waals surface area contributed by atoms with E-state index in [9.17, 15) is 14.9 Å². The third kappa shape index (κ3) is 4.13. The van der Waals surface area contributed by atoms with Crippen LogP contribution < -0.4 is 10.2 Å². The molecule has 0 bridgehead atoms. The Morgan fingerprint density at radius 2 is 1.96 bits per heavy atom. The molecule has 118 valence electrons. The molecule has 1 amide bonds. The zero-order valence-corrected chi connectivity index (χ0v) is 12.6. The van der Waals surface area contributed by atoms with Crippen molar-refractivity contribution in [3.63, 3.8) is 0 Å². The predicted molar refractivity (Wildman–Crippen MR) is 85.9 cm³/mol. The molecular weight excluding hydrogens is 298 g/mol. The number of nitrogens with one attached hydrogen (secondary N) is 1. The molecule has 7 heteroatoms. The first-order chi connectivity index (χ1) is 11.0. The van der Waals surface area contributed by atoms with E-state index in [1.54, 1.807) is 18.2 Å². The predicted octanol–water partition coefficient (Wildman–Crippen LogP) is 2.68. The minimum atomic E-state index is -0.541. The highest BCUT2D eigenvalue weighted by Gasteiger charge is 2.14. The number of nitro benzene ring substituents is 1. The van der Waals surface area contributed by atoms with Crippen LogP contribution in [0.2, 0.25) is 0 Å². The van der Waals surface area contributed by atoms with E-state index in [4.69, 9.17) is 4.74 Å². The summed E-state index contributed by atoms with van der Waals surface area (Å²) in [6.07, 6.45) is 1.33. The molecule has 0 saturated heterocycles. The highest BCUT2D eigenvalue weighted by atomic mass is 16.6. The lowest BCUT2D eigenvalue weighted by Gasteiger charge is -2.02. The van der Waals surface area contributed by atoms with E-state index in [0.717, 1.165) is 5.56 Å². The quantitative estimate of drug-likeness (QED) is 0.521. The zero-order valence-electron chi connectivity index (χ0n) is 12.6. The Bertz CT molecular complexity index is 754. The van der Waals surface area contributed by atoms with E-state index >= 15 is 0 Å². The van der Waals surface area contributed by atoms with Gasteiger partial charge in [-0.15, -0.1) is 0 Å². The summed E-state index contributed by atoms with van der Waals surface area (Å²) < 4.78 is 4.92. The molecule has 0 saturated carbocycles. The van der Waals surface area contributed by atoms with E-state index < -0.39 is 4.92 Å². The molecule has 0 aliphatic rings. The maximum atomic E-state index is 11.9. The smallest absolute Gasteiger partial charge is 0.311 e. The summed E-state index contributed by atoms with van der Waals surface area (Å²) in [6, 6.07) is 11.4. The van der Waals surface area contributed by atoms with Gasteiger partial charge in [0.2, 0.25) is 0 Å². The van der Waals surface area contributed by atoms with Gasteiger partial charge < -0.3 is 4.74 Å². The van der Waals surface area contributed by atoms with Crippen LogP contribution in [-0.2, 0) is 0 Å². The van der Waals surface area contributed by atoms with Crippen molar-refractivity contribution in [2.45, 2.75) is 6.92 Å². The van der Waals surface area contributed by atoms with Crippen molar-refractivity contribution in [2.75, 3.05) is 7.11 Å². The SMILES string of the molecule is COc1ccc(C=NNC(=O)c2ccc(C)cc2)cc1[N+](=O)[O-]. The van der Waals surface area contributed by atoms with Crippen LogP contribution in [0.5, 0.6) is 5.75 Å². The van der Waals surface area contributed by atoms with E-state index in [1.807, 2.05) is 19.1 Å². The van der Waals surface area contributed by atoms with Crippen LogP contribution in [-0.4, -0.2) is 24.2 Å². The first-order valence-electron chi connectivity index (χ1n) is 6.74. The minimum Gasteiger partial charge on any atom is -0.490 e. The average Bonchev–Trinajstić information content (AvgIpc) is 2.55. The van der Waals surface area contributed by atoms with E-state index in [2.05, 4.69) is 10.5 Å². The molecule has 0 aliphatic carbocycles. The number of carbonyl (C=O) groups is 1. The number of methoxy groups -OCH3 is 1. The van der Waals surface area contributed by atoms with Crippen LogP contribution in [0.25, 0.3) is 0 Å². The molecule has 0 heterocycles. The second-order valence-corrected chi connectivity index (χ2v) is 4.75. The molecule has 2 rings (SSSR count). The average molecular weight is 313 g/mol. The summed E-state index contributed by atoms with van der Waals surface area (Å²) in [7, 11) is 1.36. The van der Waals surface area contributed by atoms with Crippen molar-refractivity contribution in [3.05, 3.63) is 69.3 Å². The molecule has 2 aromatic carbocycles. The maximum Gasteiger partial charge on any atom is 0.311 e. The Morgan fingerprint density at radius 3 is 2.57 bits per heavy atom. The third-order valence-electron chi connectivity index (χ3n) is 3.09. The van der Waals surface area contributed by atoms with Crippen LogP contribution >= 0.6 is 0 Å². The Balaban J connectivity index is 2.08. The number of amides is 1.